The Kier molecular flexibility index (Phi) is 8.36. The fraction of sp³-hybridized carbons (Fsp3) is 0.355. The van der Waals surface area contributed by atoms with E-state index in [1.165, 1.54) is 44.1 Å². The van der Waals surface area contributed by atoms with Crippen LogP contribution in [0.15, 0.2) is 72.8 Å². The summed E-state index contributed by atoms with van der Waals surface area (Å²) in [6.07, 6.45) is 7.67. The molecule has 0 aliphatic heterocycles. The maximum Gasteiger partial charge on any atom is 0.338 e. The molecule has 4 heteroatoms. The third-order valence-electron chi connectivity index (χ3n) is 7.13. The lowest BCUT2D eigenvalue weighted by atomic mass is 9.77. The number of ether oxygens (including phenoxy) is 2. The number of carbonyl (C=O) groups excluding carboxylic acids is 2. The lowest BCUT2D eigenvalue weighted by molar-refractivity contribution is 0.0475. The van der Waals surface area contributed by atoms with Crippen molar-refractivity contribution in [2.24, 2.45) is 5.92 Å². The van der Waals surface area contributed by atoms with Crippen molar-refractivity contribution in [3.63, 3.8) is 0 Å². The number of ketones is 1. The van der Waals surface area contributed by atoms with Gasteiger partial charge in [0.15, 0.2) is 12.4 Å². The first-order chi connectivity index (χ1) is 17.1. The van der Waals surface area contributed by atoms with Crippen LogP contribution in [0.2, 0.25) is 0 Å². The predicted octanol–water partition coefficient (Wildman–Crippen LogP) is 7.48. The highest BCUT2D eigenvalue weighted by atomic mass is 16.5. The molecule has 3 aromatic carbocycles. The first-order valence-corrected chi connectivity index (χ1v) is 12.6. The standard InChI is InChI=1S/C31H34O4/c1-3-4-22-5-7-23(8-6-22)24-9-13-27(14-10-24)30(32)21-35-31(33)28-15-11-25(12-16-28)26-17-19-29(34-2)20-18-26/h9-20,22-23H,3-8,21H2,1-2H3. The van der Waals surface area contributed by atoms with Gasteiger partial charge in [-0.1, -0.05) is 68.3 Å². The van der Waals surface area contributed by atoms with E-state index in [9.17, 15) is 9.59 Å². The highest BCUT2D eigenvalue weighted by Gasteiger charge is 2.22. The molecule has 1 aliphatic rings. The zero-order chi connectivity index (χ0) is 24.6. The van der Waals surface area contributed by atoms with Gasteiger partial charge in [-0.2, -0.15) is 0 Å². The van der Waals surface area contributed by atoms with E-state index in [2.05, 4.69) is 19.1 Å². The van der Waals surface area contributed by atoms with Crippen LogP contribution in [0.4, 0.5) is 0 Å². The third-order valence-corrected chi connectivity index (χ3v) is 7.13. The molecular formula is C31H34O4. The molecule has 0 atom stereocenters. The molecule has 0 heterocycles. The summed E-state index contributed by atoms with van der Waals surface area (Å²) in [4.78, 5) is 25.0. The van der Waals surface area contributed by atoms with Gasteiger partial charge in [0, 0.05) is 5.56 Å². The van der Waals surface area contributed by atoms with Crippen molar-refractivity contribution >= 4 is 11.8 Å². The maximum atomic E-state index is 12.6. The fourth-order valence-electron chi connectivity index (χ4n) is 5.01. The van der Waals surface area contributed by atoms with Crippen molar-refractivity contribution in [3.05, 3.63) is 89.5 Å². The number of hydrogen-bond donors (Lipinski definition) is 0. The number of rotatable bonds is 9. The smallest absolute Gasteiger partial charge is 0.338 e. The van der Waals surface area contributed by atoms with E-state index in [0.29, 0.717) is 17.0 Å². The molecule has 35 heavy (non-hydrogen) atoms. The highest BCUT2D eigenvalue weighted by molar-refractivity contribution is 5.99. The number of esters is 1. The molecule has 1 fully saturated rings. The highest BCUT2D eigenvalue weighted by Crippen LogP contribution is 2.37. The molecule has 0 amide bonds. The van der Waals surface area contributed by atoms with Crippen molar-refractivity contribution < 1.29 is 19.1 Å². The van der Waals surface area contributed by atoms with Crippen LogP contribution in [-0.2, 0) is 4.74 Å². The number of Topliss-reactive ketones (excluding diaryl/α,β-unsaturated/α-hetero) is 1. The minimum absolute atomic E-state index is 0.189. The average molecular weight is 471 g/mol. The van der Waals surface area contributed by atoms with Crippen molar-refractivity contribution in [3.8, 4) is 16.9 Å². The second-order valence-corrected chi connectivity index (χ2v) is 9.43. The zero-order valence-electron chi connectivity index (χ0n) is 20.7. The summed E-state index contributed by atoms with van der Waals surface area (Å²) < 4.78 is 10.5. The number of benzene rings is 3. The quantitative estimate of drug-likeness (QED) is 0.240. The van der Waals surface area contributed by atoms with Crippen molar-refractivity contribution in [1.29, 1.82) is 0 Å². The lowest BCUT2D eigenvalue weighted by Gasteiger charge is -2.28. The summed E-state index contributed by atoms with van der Waals surface area (Å²) >= 11 is 0. The minimum Gasteiger partial charge on any atom is -0.497 e. The van der Waals surface area contributed by atoms with E-state index < -0.39 is 5.97 Å². The monoisotopic (exact) mass is 470 g/mol. The Labute approximate surface area is 208 Å². The molecule has 0 N–H and O–H groups in total. The van der Waals surface area contributed by atoms with Gasteiger partial charge in [-0.25, -0.2) is 4.79 Å². The summed E-state index contributed by atoms with van der Waals surface area (Å²) in [6.45, 7) is 2.00. The Bertz CT molecular complexity index is 1110. The summed E-state index contributed by atoms with van der Waals surface area (Å²) in [5, 5.41) is 0. The van der Waals surface area contributed by atoms with E-state index in [-0.39, 0.29) is 12.4 Å². The van der Waals surface area contributed by atoms with Crippen molar-refractivity contribution in [1.82, 2.24) is 0 Å². The van der Waals surface area contributed by atoms with Crippen LogP contribution in [0.5, 0.6) is 5.75 Å². The van der Waals surface area contributed by atoms with Gasteiger partial charge in [0.2, 0.25) is 0 Å². The SMILES string of the molecule is CCCC1CCC(c2ccc(C(=O)COC(=O)c3ccc(-c4ccc(OC)cc4)cc3)cc2)CC1. The third kappa shape index (κ3) is 6.39. The first-order valence-electron chi connectivity index (χ1n) is 12.6. The molecule has 0 aromatic heterocycles. The van der Waals surface area contributed by atoms with Gasteiger partial charge < -0.3 is 9.47 Å². The maximum absolute atomic E-state index is 12.6. The van der Waals surface area contributed by atoms with Gasteiger partial charge in [-0.05, 0) is 78.5 Å². The topological polar surface area (TPSA) is 52.6 Å². The van der Waals surface area contributed by atoms with Crippen LogP contribution in [0, 0.1) is 5.92 Å². The van der Waals surface area contributed by atoms with Crippen LogP contribution in [0.3, 0.4) is 0 Å². The molecule has 0 saturated heterocycles. The van der Waals surface area contributed by atoms with Gasteiger partial charge in [0.1, 0.15) is 5.75 Å². The van der Waals surface area contributed by atoms with Crippen LogP contribution in [0.25, 0.3) is 11.1 Å². The molecule has 0 bridgehead atoms. The largest absolute Gasteiger partial charge is 0.497 e. The molecule has 0 spiro atoms. The molecule has 4 nitrogen and oxygen atoms in total. The summed E-state index contributed by atoms with van der Waals surface area (Å²) in [6, 6.07) is 22.8. The Morgan fingerprint density at radius 2 is 1.34 bits per heavy atom. The zero-order valence-corrected chi connectivity index (χ0v) is 20.7. The summed E-state index contributed by atoms with van der Waals surface area (Å²) in [5.74, 6) is 1.57. The normalized spacial score (nSPS) is 17.5. The van der Waals surface area contributed by atoms with E-state index in [4.69, 9.17) is 9.47 Å². The van der Waals surface area contributed by atoms with Gasteiger partial charge in [-0.15, -0.1) is 0 Å². The van der Waals surface area contributed by atoms with E-state index in [1.807, 2.05) is 48.5 Å². The van der Waals surface area contributed by atoms with E-state index in [0.717, 1.165) is 22.8 Å². The van der Waals surface area contributed by atoms with Crippen molar-refractivity contribution in [2.75, 3.05) is 13.7 Å². The van der Waals surface area contributed by atoms with E-state index >= 15 is 0 Å². The average Bonchev–Trinajstić information content (AvgIpc) is 2.92. The molecule has 1 aliphatic carbocycles. The van der Waals surface area contributed by atoms with Crippen LogP contribution >= 0.6 is 0 Å². The molecule has 0 unspecified atom stereocenters. The molecule has 1 saturated carbocycles. The second kappa shape index (κ2) is 11.8. The Morgan fingerprint density at radius 1 is 0.771 bits per heavy atom. The predicted molar refractivity (Wildman–Crippen MR) is 139 cm³/mol. The Morgan fingerprint density at radius 3 is 1.91 bits per heavy atom. The molecule has 182 valence electrons. The summed E-state index contributed by atoms with van der Waals surface area (Å²) in [7, 11) is 1.63. The van der Waals surface area contributed by atoms with Gasteiger partial charge >= 0.3 is 5.97 Å². The summed E-state index contributed by atoms with van der Waals surface area (Å²) in [5.41, 5.74) is 4.32. The van der Waals surface area contributed by atoms with Crippen molar-refractivity contribution in [2.45, 2.75) is 51.4 Å². The molecule has 3 aromatic rings. The molecule has 4 rings (SSSR count). The van der Waals surface area contributed by atoms with Gasteiger partial charge in [0.25, 0.3) is 0 Å². The molecule has 0 radical (unpaired) electrons. The second-order valence-electron chi connectivity index (χ2n) is 9.43. The van der Waals surface area contributed by atoms with E-state index in [1.54, 1.807) is 19.2 Å². The van der Waals surface area contributed by atoms with Gasteiger partial charge in [-0.3, -0.25) is 4.79 Å². The van der Waals surface area contributed by atoms with Gasteiger partial charge in [0.05, 0.1) is 12.7 Å². The van der Waals surface area contributed by atoms with Crippen LogP contribution in [-0.4, -0.2) is 25.5 Å². The van der Waals surface area contributed by atoms with Crippen LogP contribution < -0.4 is 4.74 Å². The Hall–Kier alpha value is -3.40. The minimum atomic E-state index is -0.500. The number of hydrogen-bond acceptors (Lipinski definition) is 4. The lowest BCUT2D eigenvalue weighted by Crippen LogP contribution is -2.15. The molecular weight excluding hydrogens is 436 g/mol. The van der Waals surface area contributed by atoms with Crippen LogP contribution in [0.1, 0.15) is 77.6 Å². The Balaban J connectivity index is 1.28. The first kappa shape index (κ1) is 24.7. The fourth-order valence-corrected chi connectivity index (χ4v) is 5.01. The number of methoxy groups -OCH3 is 1. The number of carbonyl (C=O) groups is 2.